The third-order valence-corrected chi connectivity index (χ3v) is 4.48. The molecule has 18 heavy (non-hydrogen) atoms. The normalized spacial score (nSPS) is 21.2. The van der Waals surface area contributed by atoms with Gasteiger partial charge in [0.25, 0.3) is 0 Å². The van der Waals surface area contributed by atoms with Gasteiger partial charge in [-0.15, -0.1) is 5.10 Å². The molecule has 1 aromatic rings. The zero-order valence-electron chi connectivity index (χ0n) is 12.0. The molecule has 1 aliphatic rings. The predicted molar refractivity (Wildman–Crippen MR) is 72.3 cm³/mol. The largest absolute Gasteiger partial charge is 0.310 e. The molecule has 1 atom stereocenters. The third kappa shape index (κ3) is 2.17. The summed E-state index contributed by atoms with van der Waals surface area (Å²) in [5.41, 5.74) is 1.36. The number of likely N-dealkylation sites (N-methyl/N-ethyl adjacent to an activating group) is 2. The molecule has 2 rings (SSSR count). The maximum absolute atomic E-state index is 4.08. The summed E-state index contributed by atoms with van der Waals surface area (Å²) in [4.78, 5) is 2.39. The lowest BCUT2D eigenvalue weighted by Gasteiger charge is -2.48. The summed E-state index contributed by atoms with van der Waals surface area (Å²) < 4.78 is 1.89. The van der Waals surface area contributed by atoms with Crippen molar-refractivity contribution in [3.63, 3.8) is 0 Å². The summed E-state index contributed by atoms with van der Waals surface area (Å²) in [6, 6.07) is 0.285. The van der Waals surface area contributed by atoms with Crippen LogP contribution in [0.25, 0.3) is 0 Å². The lowest BCUT2D eigenvalue weighted by Crippen LogP contribution is -2.54. The van der Waals surface area contributed by atoms with Gasteiger partial charge in [0.05, 0.1) is 17.9 Å². The monoisotopic (exact) mass is 251 g/mol. The zero-order valence-corrected chi connectivity index (χ0v) is 12.0. The van der Waals surface area contributed by atoms with E-state index in [-0.39, 0.29) is 11.6 Å². The molecule has 1 saturated carbocycles. The van der Waals surface area contributed by atoms with Gasteiger partial charge in [-0.05, 0) is 34.0 Å². The van der Waals surface area contributed by atoms with Gasteiger partial charge < -0.3 is 10.2 Å². The fourth-order valence-corrected chi connectivity index (χ4v) is 3.41. The lowest BCUT2D eigenvalue weighted by molar-refractivity contribution is 0.0564. The molecule has 0 bridgehead atoms. The van der Waals surface area contributed by atoms with Crippen LogP contribution in [0.2, 0.25) is 0 Å². The first-order valence-electron chi connectivity index (χ1n) is 6.81. The minimum atomic E-state index is 0.183. The Morgan fingerprint density at radius 2 is 2.00 bits per heavy atom. The molecule has 5 heteroatoms. The van der Waals surface area contributed by atoms with Crippen LogP contribution in [0.5, 0.6) is 0 Å². The van der Waals surface area contributed by atoms with E-state index in [1.165, 1.54) is 37.8 Å². The van der Waals surface area contributed by atoms with Crippen molar-refractivity contribution in [1.29, 1.82) is 0 Å². The van der Waals surface area contributed by atoms with Crippen LogP contribution in [0.15, 0.2) is 6.20 Å². The predicted octanol–water partition coefficient (Wildman–Crippen LogP) is 1.34. The second kappa shape index (κ2) is 5.36. The molecule has 0 aromatic carbocycles. The van der Waals surface area contributed by atoms with Gasteiger partial charge in [0.2, 0.25) is 0 Å². The van der Waals surface area contributed by atoms with Crippen molar-refractivity contribution in [2.45, 2.75) is 43.7 Å². The van der Waals surface area contributed by atoms with Gasteiger partial charge in [-0.1, -0.05) is 24.5 Å². The van der Waals surface area contributed by atoms with Gasteiger partial charge in [-0.2, -0.15) is 0 Å². The van der Waals surface area contributed by atoms with Crippen molar-refractivity contribution in [1.82, 2.24) is 25.2 Å². The number of hydrogen-bond donors (Lipinski definition) is 1. The topological polar surface area (TPSA) is 46.0 Å². The molecule has 102 valence electrons. The Bertz CT molecular complexity index is 378. The molecule has 1 fully saturated rings. The van der Waals surface area contributed by atoms with Crippen molar-refractivity contribution in [3.8, 4) is 0 Å². The van der Waals surface area contributed by atoms with Crippen LogP contribution in [-0.2, 0) is 7.05 Å². The molecule has 1 unspecified atom stereocenters. The summed E-state index contributed by atoms with van der Waals surface area (Å²) in [6.45, 7) is 0. The second-order valence-electron chi connectivity index (χ2n) is 5.56. The maximum Gasteiger partial charge on any atom is 0.0772 e. The highest BCUT2D eigenvalue weighted by Crippen LogP contribution is 2.41. The summed E-state index contributed by atoms with van der Waals surface area (Å²) >= 11 is 0. The fourth-order valence-electron chi connectivity index (χ4n) is 3.41. The van der Waals surface area contributed by atoms with Crippen molar-refractivity contribution in [2.24, 2.45) is 7.05 Å². The second-order valence-corrected chi connectivity index (χ2v) is 5.56. The number of nitrogens with zero attached hydrogens (tertiary/aromatic N) is 4. The first-order valence-corrected chi connectivity index (χ1v) is 6.81. The van der Waals surface area contributed by atoms with Gasteiger partial charge in [0.1, 0.15) is 0 Å². The van der Waals surface area contributed by atoms with Gasteiger partial charge in [0, 0.05) is 12.6 Å². The number of nitrogens with one attached hydrogen (secondary N) is 1. The summed E-state index contributed by atoms with van der Waals surface area (Å²) in [5, 5.41) is 11.6. The van der Waals surface area contributed by atoms with E-state index in [1.54, 1.807) is 0 Å². The van der Waals surface area contributed by atoms with Crippen molar-refractivity contribution < 1.29 is 0 Å². The quantitative estimate of drug-likeness (QED) is 0.877. The summed E-state index contributed by atoms with van der Waals surface area (Å²) in [5.74, 6) is 0. The zero-order chi connectivity index (χ0) is 13.2. The van der Waals surface area contributed by atoms with E-state index in [0.717, 1.165) is 0 Å². The molecule has 5 nitrogen and oxygen atoms in total. The standard InChI is InChI=1S/C13H25N5/c1-14-12(11-10-15-16-18(11)4)13(17(2)3)8-6-5-7-9-13/h10,12,14H,5-9H2,1-4H3. The highest BCUT2D eigenvalue weighted by molar-refractivity contribution is 5.13. The number of hydrogen-bond acceptors (Lipinski definition) is 4. The Balaban J connectivity index is 2.36. The van der Waals surface area contributed by atoms with Crippen LogP contribution >= 0.6 is 0 Å². The molecule has 0 aliphatic heterocycles. The Kier molecular flexibility index (Phi) is 4.02. The molecule has 0 saturated heterocycles. The van der Waals surface area contributed by atoms with E-state index in [4.69, 9.17) is 0 Å². The van der Waals surface area contributed by atoms with E-state index < -0.39 is 0 Å². The number of aryl methyl sites for hydroxylation is 1. The minimum absolute atomic E-state index is 0.183. The van der Waals surface area contributed by atoms with E-state index in [9.17, 15) is 0 Å². The van der Waals surface area contributed by atoms with Crippen LogP contribution in [0.4, 0.5) is 0 Å². The van der Waals surface area contributed by atoms with E-state index in [0.29, 0.717) is 0 Å². The molecule has 1 heterocycles. The van der Waals surface area contributed by atoms with E-state index >= 15 is 0 Å². The Morgan fingerprint density at radius 1 is 1.33 bits per heavy atom. The van der Waals surface area contributed by atoms with Crippen molar-refractivity contribution in [2.75, 3.05) is 21.1 Å². The smallest absolute Gasteiger partial charge is 0.0772 e. The van der Waals surface area contributed by atoms with Crippen LogP contribution in [0, 0.1) is 0 Å². The van der Waals surface area contributed by atoms with Gasteiger partial charge in [0.15, 0.2) is 0 Å². The SMILES string of the molecule is CNC(c1cnnn1C)C1(N(C)C)CCCCC1. The van der Waals surface area contributed by atoms with Crippen LogP contribution in [0.3, 0.4) is 0 Å². The first kappa shape index (κ1) is 13.5. The number of rotatable bonds is 4. The van der Waals surface area contributed by atoms with Crippen LogP contribution < -0.4 is 5.32 Å². The molecule has 0 radical (unpaired) electrons. The highest BCUT2D eigenvalue weighted by atomic mass is 15.4. The molecule has 1 aromatic heterocycles. The Hall–Kier alpha value is -0.940. The van der Waals surface area contributed by atoms with Gasteiger partial charge >= 0.3 is 0 Å². The van der Waals surface area contributed by atoms with Gasteiger partial charge in [-0.25, -0.2) is 0 Å². The highest BCUT2D eigenvalue weighted by Gasteiger charge is 2.43. The molecule has 0 spiro atoms. The number of aromatic nitrogens is 3. The molecule has 1 N–H and O–H groups in total. The lowest BCUT2D eigenvalue weighted by atomic mass is 9.74. The fraction of sp³-hybridized carbons (Fsp3) is 0.846. The van der Waals surface area contributed by atoms with E-state index in [1.807, 2.05) is 25.0 Å². The van der Waals surface area contributed by atoms with Gasteiger partial charge in [-0.3, -0.25) is 4.68 Å². The average molecular weight is 251 g/mol. The molecule has 0 amide bonds. The van der Waals surface area contributed by atoms with Crippen molar-refractivity contribution >= 4 is 0 Å². The molecule has 1 aliphatic carbocycles. The molecular formula is C13H25N5. The van der Waals surface area contributed by atoms with Crippen molar-refractivity contribution in [3.05, 3.63) is 11.9 Å². The summed E-state index contributed by atoms with van der Waals surface area (Å²) in [6.07, 6.45) is 8.33. The Morgan fingerprint density at radius 3 is 2.44 bits per heavy atom. The summed E-state index contributed by atoms with van der Waals surface area (Å²) in [7, 11) is 8.40. The molecular weight excluding hydrogens is 226 g/mol. The average Bonchev–Trinajstić information content (AvgIpc) is 2.78. The minimum Gasteiger partial charge on any atom is -0.310 e. The van der Waals surface area contributed by atoms with Crippen LogP contribution in [0.1, 0.15) is 43.8 Å². The maximum atomic E-state index is 4.08. The van der Waals surface area contributed by atoms with E-state index in [2.05, 4.69) is 34.6 Å². The Labute approximate surface area is 110 Å². The van der Waals surface area contributed by atoms with Crippen LogP contribution in [-0.4, -0.2) is 46.6 Å². The third-order valence-electron chi connectivity index (χ3n) is 4.48. The first-order chi connectivity index (χ1) is 8.62.